The van der Waals surface area contributed by atoms with Gasteiger partial charge in [0.15, 0.2) is 0 Å². The Bertz CT molecular complexity index is 1210. The number of carbonyl (C=O) groups excluding carboxylic acids is 2. The zero-order chi connectivity index (χ0) is 24.6. The van der Waals surface area contributed by atoms with Crippen LogP contribution in [0.5, 0.6) is 0 Å². The van der Waals surface area contributed by atoms with Crippen LogP contribution in [-0.2, 0) is 19.5 Å². The van der Waals surface area contributed by atoms with Gasteiger partial charge in [-0.3, -0.25) is 19.3 Å². The molecule has 1 atom stereocenters. The normalized spacial score (nSPS) is 15.6. The van der Waals surface area contributed by atoms with Crippen molar-refractivity contribution in [1.29, 1.82) is 0 Å². The molecular weight excluding hydrogens is 440 g/mol. The molecule has 7 heteroatoms. The van der Waals surface area contributed by atoms with E-state index in [1.807, 2.05) is 36.4 Å². The molecular formula is C28H32N4O3. The summed E-state index contributed by atoms with van der Waals surface area (Å²) in [4.78, 5) is 40.8. The van der Waals surface area contributed by atoms with Gasteiger partial charge in [0, 0.05) is 51.7 Å². The van der Waals surface area contributed by atoms with E-state index in [-0.39, 0.29) is 17.2 Å². The van der Waals surface area contributed by atoms with Crippen molar-refractivity contribution < 1.29 is 9.59 Å². The van der Waals surface area contributed by atoms with Crippen LogP contribution in [0.15, 0.2) is 77.9 Å². The van der Waals surface area contributed by atoms with Gasteiger partial charge in [-0.15, -0.1) is 0 Å². The maximum Gasteiger partial charge on any atom is 0.257 e. The Labute approximate surface area is 205 Å². The van der Waals surface area contributed by atoms with Crippen LogP contribution >= 0.6 is 0 Å². The Morgan fingerprint density at radius 1 is 0.914 bits per heavy atom. The summed E-state index contributed by atoms with van der Waals surface area (Å²) in [5.74, 6) is -0.916. The predicted octanol–water partition coefficient (Wildman–Crippen LogP) is 2.85. The van der Waals surface area contributed by atoms with Gasteiger partial charge < -0.3 is 15.2 Å². The molecule has 1 aromatic heterocycles. The molecule has 1 aliphatic heterocycles. The Hall–Kier alpha value is -3.71. The molecule has 3 aromatic rings. The molecule has 0 bridgehead atoms. The highest BCUT2D eigenvalue weighted by Gasteiger charge is 2.26. The molecule has 0 saturated carbocycles. The number of rotatable bonds is 9. The molecule has 35 heavy (non-hydrogen) atoms. The fourth-order valence-corrected chi connectivity index (χ4v) is 4.53. The fourth-order valence-electron chi connectivity index (χ4n) is 4.53. The van der Waals surface area contributed by atoms with Gasteiger partial charge >= 0.3 is 0 Å². The van der Waals surface area contributed by atoms with E-state index >= 15 is 0 Å². The number of aryl methyl sites for hydroxylation is 2. The Morgan fingerprint density at radius 2 is 1.54 bits per heavy atom. The molecule has 182 valence electrons. The lowest BCUT2D eigenvalue weighted by molar-refractivity contribution is 0.0935. The molecule has 1 fully saturated rings. The van der Waals surface area contributed by atoms with Crippen LogP contribution in [0, 0.1) is 0 Å². The van der Waals surface area contributed by atoms with E-state index < -0.39 is 17.2 Å². The highest BCUT2D eigenvalue weighted by atomic mass is 16.2. The summed E-state index contributed by atoms with van der Waals surface area (Å²) in [5.41, 5.74) is 1.90. The third-order valence-corrected chi connectivity index (χ3v) is 6.38. The number of carbonyl (C=O) groups is 2. The second-order valence-electron chi connectivity index (χ2n) is 9.00. The lowest BCUT2D eigenvalue weighted by Gasteiger charge is -2.17. The SMILES string of the molecule is CNC(=O)c1cn(CCCc2ccccc2)cc(C(=O)N[C@@H]2CCN(Cc3ccccc3)C2)c1=O. The van der Waals surface area contributed by atoms with Crippen LogP contribution in [0.4, 0.5) is 0 Å². The Balaban J connectivity index is 1.44. The van der Waals surface area contributed by atoms with Gasteiger partial charge in [0.1, 0.15) is 11.1 Å². The number of aromatic nitrogens is 1. The number of hydrogen-bond acceptors (Lipinski definition) is 4. The first kappa shape index (κ1) is 24.4. The average Bonchev–Trinajstić information content (AvgIpc) is 3.32. The second kappa shape index (κ2) is 11.6. The van der Waals surface area contributed by atoms with Crippen molar-refractivity contribution in [1.82, 2.24) is 20.1 Å². The van der Waals surface area contributed by atoms with Gasteiger partial charge in [0.2, 0.25) is 5.43 Å². The van der Waals surface area contributed by atoms with Crippen molar-refractivity contribution in [3.63, 3.8) is 0 Å². The van der Waals surface area contributed by atoms with E-state index in [0.717, 1.165) is 38.9 Å². The monoisotopic (exact) mass is 472 g/mol. The number of hydrogen-bond donors (Lipinski definition) is 2. The van der Waals surface area contributed by atoms with Crippen LogP contribution in [0.3, 0.4) is 0 Å². The molecule has 0 spiro atoms. The summed E-state index contributed by atoms with van der Waals surface area (Å²) in [6.07, 6.45) is 5.62. The number of amides is 2. The van der Waals surface area contributed by atoms with Crippen LogP contribution in [-0.4, -0.2) is 47.5 Å². The van der Waals surface area contributed by atoms with Gasteiger partial charge in [0.05, 0.1) is 0 Å². The highest BCUT2D eigenvalue weighted by molar-refractivity contribution is 5.99. The number of nitrogens with one attached hydrogen (secondary N) is 2. The van der Waals surface area contributed by atoms with Crippen molar-refractivity contribution >= 4 is 11.8 Å². The topological polar surface area (TPSA) is 83.4 Å². The van der Waals surface area contributed by atoms with Crippen molar-refractivity contribution in [2.75, 3.05) is 20.1 Å². The Kier molecular flexibility index (Phi) is 8.11. The summed E-state index contributed by atoms with van der Waals surface area (Å²) < 4.78 is 1.78. The highest BCUT2D eigenvalue weighted by Crippen LogP contribution is 2.14. The largest absolute Gasteiger partial charge is 0.355 e. The van der Waals surface area contributed by atoms with Gasteiger partial charge in [-0.25, -0.2) is 0 Å². The first-order valence-corrected chi connectivity index (χ1v) is 12.1. The number of pyridine rings is 1. The third kappa shape index (κ3) is 6.45. The minimum atomic E-state index is -0.541. The number of nitrogens with zero attached hydrogens (tertiary/aromatic N) is 2. The molecule has 7 nitrogen and oxygen atoms in total. The molecule has 0 radical (unpaired) electrons. The van der Waals surface area contributed by atoms with Crippen LogP contribution in [0.25, 0.3) is 0 Å². The molecule has 0 unspecified atom stereocenters. The van der Waals surface area contributed by atoms with Crippen LogP contribution in [0.2, 0.25) is 0 Å². The summed E-state index contributed by atoms with van der Waals surface area (Å²) in [7, 11) is 1.48. The minimum Gasteiger partial charge on any atom is -0.355 e. The zero-order valence-electron chi connectivity index (χ0n) is 20.1. The second-order valence-corrected chi connectivity index (χ2v) is 9.00. The lowest BCUT2D eigenvalue weighted by atomic mass is 10.1. The maximum atomic E-state index is 13.1. The van der Waals surface area contributed by atoms with Gasteiger partial charge in [-0.2, -0.15) is 0 Å². The van der Waals surface area contributed by atoms with Gasteiger partial charge in [-0.1, -0.05) is 60.7 Å². The first-order valence-electron chi connectivity index (χ1n) is 12.1. The average molecular weight is 473 g/mol. The standard InChI is InChI=1S/C28H32N4O3/c1-29-27(34)24-19-31(15-8-13-21-9-4-2-5-10-21)20-25(26(24)33)28(35)30-23-14-16-32(18-23)17-22-11-6-3-7-12-22/h2-7,9-12,19-20,23H,8,13-18H2,1H3,(H,29,34)(H,30,35)/t23-/m1/s1. The van der Waals surface area contributed by atoms with E-state index in [0.29, 0.717) is 6.54 Å². The van der Waals surface area contributed by atoms with Crippen molar-refractivity contribution in [2.45, 2.75) is 38.4 Å². The molecule has 0 aliphatic carbocycles. The third-order valence-electron chi connectivity index (χ3n) is 6.38. The molecule has 2 N–H and O–H groups in total. The molecule has 4 rings (SSSR count). The summed E-state index contributed by atoms with van der Waals surface area (Å²) >= 11 is 0. The van der Waals surface area contributed by atoms with E-state index in [4.69, 9.17) is 0 Å². The first-order chi connectivity index (χ1) is 17.0. The number of likely N-dealkylation sites (tertiary alicyclic amines) is 1. The summed E-state index contributed by atoms with van der Waals surface area (Å²) in [6, 6.07) is 20.3. The fraction of sp³-hybridized carbons (Fsp3) is 0.321. The molecule has 2 amide bonds. The summed E-state index contributed by atoms with van der Waals surface area (Å²) in [6.45, 7) is 3.02. The molecule has 2 aromatic carbocycles. The minimum absolute atomic E-state index is 0.00678. The van der Waals surface area contributed by atoms with Crippen molar-refractivity contribution in [3.8, 4) is 0 Å². The lowest BCUT2D eigenvalue weighted by Crippen LogP contribution is -2.40. The van der Waals surface area contributed by atoms with Crippen molar-refractivity contribution in [3.05, 3.63) is 106 Å². The zero-order valence-corrected chi connectivity index (χ0v) is 20.1. The molecule has 1 saturated heterocycles. The predicted molar refractivity (Wildman–Crippen MR) is 136 cm³/mol. The smallest absolute Gasteiger partial charge is 0.257 e. The Morgan fingerprint density at radius 3 is 2.20 bits per heavy atom. The van der Waals surface area contributed by atoms with Crippen LogP contribution < -0.4 is 16.1 Å². The van der Waals surface area contributed by atoms with E-state index in [2.05, 4.69) is 39.8 Å². The summed E-state index contributed by atoms with van der Waals surface area (Å²) in [5, 5.41) is 5.53. The van der Waals surface area contributed by atoms with Gasteiger partial charge in [0.25, 0.3) is 11.8 Å². The van der Waals surface area contributed by atoms with Crippen molar-refractivity contribution in [2.24, 2.45) is 0 Å². The molecule has 2 heterocycles. The van der Waals surface area contributed by atoms with Crippen LogP contribution in [0.1, 0.15) is 44.7 Å². The van der Waals surface area contributed by atoms with E-state index in [1.165, 1.54) is 18.2 Å². The van der Waals surface area contributed by atoms with E-state index in [1.54, 1.807) is 17.0 Å². The molecule has 1 aliphatic rings. The van der Waals surface area contributed by atoms with Gasteiger partial charge in [-0.05, 0) is 30.4 Å². The quantitative estimate of drug-likeness (QED) is 0.502. The number of benzene rings is 2. The maximum absolute atomic E-state index is 13.1. The van der Waals surface area contributed by atoms with E-state index in [9.17, 15) is 14.4 Å².